The SMILES string of the molecule is COc1ccc(C(=O)N(Cc2cccc(NC(=O)c3snnc3C)c2)CC(C)(C)CN)cc1OC. The van der Waals surface area contributed by atoms with Crippen LogP contribution in [0.3, 0.4) is 0 Å². The molecule has 35 heavy (non-hydrogen) atoms. The van der Waals surface area contributed by atoms with E-state index in [4.69, 9.17) is 15.2 Å². The molecule has 1 heterocycles. The van der Waals surface area contributed by atoms with Gasteiger partial charge in [-0.05, 0) is 66.3 Å². The van der Waals surface area contributed by atoms with Gasteiger partial charge >= 0.3 is 0 Å². The highest BCUT2D eigenvalue weighted by atomic mass is 32.1. The normalized spacial score (nSPS) is 11.1. The Labute approximate surface area is 209 Å². The first kappa shape index (κ1) is 26.1. The second-order valence-corrected chi connectivity index (χ2v) is 9.70. The summed E-state index contributed by atoms with van der Waals surface area (Å²) in [5.41, 5.74) is 8.23. The monoisotopic (exact) mass is 497 g/mol. The van der Waals surface area contributed by atoms with Gasteiger partial charge in [0.25, 0.3) is 11.8 Å². The Kier molecular flexibility index (Phi) is 8.42. The molecular formula is C25H31N5O4S. The summed E-state index contributed by atoms with van der Waals surface area (Å²) < 4.78 is 14.5. The number of methoxy groups -OCH3 is 2. The predicted molar refractivity (Wildman–Crippen MR) is 136 cm³/mol. The molecule has 0 aliphatic heterocycles. The number of amides is 2. The number of hydrogen-bond acceptors (Lipinski definition) is 8. The minimum atomic E-state index is -0.297. The van der Waals surface area contributed by atoms with E-state index in [1.165, 1.54) is 7.11 Å². The molecule has 0 saturated heterocycles. The van der Waals surface area contributed by atoms with Crippen molar-refractivity contribution in [3.63, 3.8) is 0 Å². The maximum absolute atomic E-state index is 13.6. The largest absolute Gasteiger partial charge is 0.493 e. The molecule has 0 unspecified atom stereocenters. The van der Waals surface area contributed by atoms with Crippen LogP contribution in [0.2, 0.25) is 0 Å². The molecule has 0 aliphatic carbocycles. The third-order valence-electron chi connectivity index (χ3n) is 5.51. The number of benzene rings is 2. The van der Waals surface area contributed by atoms with E-state index in [0.717, 1.165) is 17.1 Å². The summed E-state index contributed by atoms with van der Waals surface area (Å²) in [6, 6.07) is 12.5. The van der Waals surface area contributed by atoms with Gasteiger partial charge in [0.2, 0.25) is 0 Å². The van der Waals surface area contributed by atoms with Gasteiger partial charge in [-0.25, -0.2) is 0 Å². The molecule has 9 nitrogen and oxygen atoms in total. The average Bonchev–Trinajstić information content (AvgIpc) is 3.28. The highest BCUT2D eigenvalue weighted by Crippen LogP contribution is 2.29. The molecule has 3 rings (SSSR count). The molecule has 2 amide bonds. The highest BCUT2D eigenvalue weighted by molar-refractivity contribution is 7.08. The fourth-order valence-electron chi connectivity index (χ4n) is 3.53. The van der Waals surface area contributed by atoms with Crippen LogP contribution in [0.1, 0.15) is 45.1 Å². The van der Waals surface area contributed by atoms with Gasteiger partial charge in [-0.2, -0.15) is 0 Å². The number of anilines is 1. The Hall–Kier alpha value is -3.50. The molecule has 3 N–H and O–H groups in total. The number of aromatic nitrogens is 2. The van der Waals surface area contributed by atoms with Gasteiger partial charge in [-0.3, -0.25) is 9.59 Å². The summed E-state index contributed by atoms with van der Waals surface area (Å²) in [7, 11) is 3.08. The molecule has 186 valence electrons. The smallest absolute Gasteiger partial charge is 0.269 e. The zero-order valence-electron chi connectivity index (χ0n) is 20.6. The van der Waals surface area contributed by atoms with Crippen LogP contribution in [0.25, 0.3) is 0 Å². The Morgan fingerprint density at radius 1 is 1.11 bits per heavy atom. The minimum absolute atomic E-state index is 0.159. The van der Waals surface area contributed by atoms with Crippen molar-refractivity contribution in [1.82, 2.24) is 14.5 Å². The summed E-state index contributed by atoms with van der Waals surface area (Å²) in [6.45, 7) is 6.97. The van der Waals surface area contributed by atoms with Crippen molar-refractivity contribution in [2.45, 2.75) is 27.3 Å². The standard InChI is InChI=1S/C25H31N5O4S/c1-16-22(35-29-28-16)23(31)27-19-8-6-7-17(11-19)13-30(15-25(2,3)14-26)24(32)18-9-10-20(33-4)21(12-18)34-5/h6-12H,13-15,26H2,1-5H3,(H,27,31). The predicted octanol–water partition coefficient (Wildman–Crippen LogP) is 3.74. The first-order valence-electron chi connectivity index (χ1n) is 11.1. The van der Waals surface area contributed by atoms with E-state index in [1.54, 1.807) is 43.2 Å². The molecule has 0 aliphatic rings. The van der Waals surface area contributed by atoms with Crippen LogP contribution in [0.5, 0.6) is 11.5 Å². The third-order valence-corrected chi connectivity index (χ3v) is 6.33. The number of ether oxygens (including phenoxy) is 2. The lowest BCUT2D eigenvalue weighted by molar-refractivity contribution is 0.0672. The van der Waals surface area contributed by atoms with Gasteiger partial charge in [-0.1, -0.05) is 30.5 Å². The van der Waals surface area contributed by atoms with Gasteiger partial charge < -0.3 is 25.4 Å². The summed E-state index contributed by atoms with van der Waals surface area (Å²) in [5.74, 6) is 0.604. The third kappa shape index (κ3) is 6.55. The van der Waals surface area contributed by atoms with E-state index < -0.39 is 0 Å². The molecular weight excluding hydrogens is 466 g/mol. The van der Waals surface area contributed by atoms with Gasteiger partial charge in [0.1, 0.15) is 4.88 Å². The van der Waals surface area contributed by atoms with Crippen molar-refractivity contribution in [3.05, 3.63) is 64.2 Å². The van der Waals surface area contributed by atoms with E-state index in [0.29, 0.717) is 53.0 Å². The average molecular weight is 498 g/mol. The van der Waals surface area contributed by atoms with Crippen LogP contribution >= 0.6 is 11.5 Å². The fourth-order valence-corrected chi connectivity index (χ4v) is 4.08. The number of carbonyl (C=O) groups excluding carboxylic acids is 2. The van der Waals surface area contributed by atoms with Crippen molar-refractivity contribution in [1.29, 1.82) is 0 Å². The molecule has 0 atom stereocenters. The molecule has 0 saturated carbocycles. The van der Waals surface area contributed by atoms with Crippen LogP contribution < -0.4 is 20.5 Å². The van der Waals surface area contributed by atoms with E-state index in [9.17, 15) is 9.59 Å². The van der Waals surface area contributed by atoms with Gasteiger partial charge in [-0.15, -0.1) is 5.10 Å². The number of nitrogens with one attached hydrogen (secondary N) is 1. The van der Waals surface area contributed by atoms with E-state index >= 15 is 0 Å². The lowest BCUT2D eigenvalue weighted by Crippen LogP contribution is -2.41. The molecule has 2 aromatic carbocycles. The van der Waals surface area contributed by atoms with Gasteiger partial charge in [0.05, 0.1) is 19.9 Å². The van der Waals surface area contributed by atoms with Crippen molar-refractivity contribution in [2.24, 2.45) is 11.1 Å². The maximum Gasteiger partial charge on any atom is 0.269 e. The molecule has 3 aromatic rings. The summed E-state index contributed by atoms with van der Waals surface area (Å²) in [4.78, 5) is 28.4. The summed E-state index contributed by atoms with van der Waals surface area (Å²) in [5, 5.41) is 6.77. The van der Waals surface area contributed by atoms with Crippen LogP contribution in [-0.2, 0) is 6.54 Å². The molecule has 10 heteroatoms. The summed E-state index contributed by atoms with van der Waals surface area (Å²) >= 11 is 1.05. The summed E-state index contributed by atoms with van der Waals surface area (Å²) in [6.07, 6.45) is 0. The molecule has 0 fully saturated rings. The maximum atomic E-state index is 13.6. The Balaban J connectivity index is 1.86. The number of nitrogens with two attached hydrogens (primary N) is 1. The van der Waals surface area contributed by atoms with Crippen molar-refractivity contribution in [2.75, 3.05) is 32.6 Å². The topological polar surface area (TPSA) is 120 Å². The van der Waals surface area contributed by atoms with Gasteiger partial charge in [0, 0.05) is 24.3 Å². The quantitative estimate of drug-likeness (QED) is 0.438. The first-order chi connectivity index (χ1) is 16.7. The molecule has 0 radical (unpaired) electrons. The number of aryl methyl sites for hydroxylation is 1. The minimum Gasteiger partial charge on any atom is -0.493 e. The second-order valence-electron chi connectivity index (χ2n) is 8.94. The van der Waals surface area contributed by atoms with Gasteiger partial charge in [0.15, 0.2) is 11.5 Å². The van der Waals surface area contributed by atoms with Crippen LogP contribution in [0.15, 0.2) is 42.5 Å². The zero-order valence-corrected chi connectivity index (χ0v) is 21.4. The second kappa shape index (κ2) is 11.3. The van der Waals surface area contributed by atoms with E-state index in [-0.39, 0.29) is 17.2 Å². The molecule has 1 aromatic heterocycles. The van der Waals surface area contributed by atoms with Crippen molar-refractivity contribution in [3.8, 4) is 11.5 Å². The lowest BCUT2D eigenvalue weighted by atomic mass is 9.92. The Morgan fingerprint density at radius 2 is 1.86 bits per heavy atom. The molecule has 0 bridgehead atoms. The van der Waals surface area contributed by atoms with Crippen LogP contribution in [-0.4, -0.2) is 53.6 Å². The van der Waals surface area contributed by atoms with Crippen molar-refractivity contribution < 1.29 is 19.1 Å². The number of nitrogens with zero attached hydrogens (tertiary/aromatic N) is 3. The van der Waals surface area contributed by atoms with Crippen LogP contribution in [0, 0.1) is 12.3 Å². The van der Waals surface area contributed by atoms with E-state index in [2.05, 4.69) is 14.9 Å². The number of rotatable bonds is 10. The van der Waals surface area contributed by atoms with Crippen LogP contribution in [0.4, 0.5) is 5.69 Å². The zero-order chi connectivity index (χ0) is 25.6. The van der Waals surface area contributed by atoms with E-state index in [1.807, 2.05) is 32.0 Å². The number of carbonyl (C=O) groups is 2. The number of hydrogen-bond donors (Lipinski definition) is 2. The lowest BCUT2D eigenvalue weighted by Gasteiger charge is -2.32. The highest BCUT2D eigenvalue weighted by Gasteiger charge is 2.26. The van der Waals surface area contributed by atoms with Crippen molar-refractivity contribution >= 4 is 29.0 Å². The Bertz CT molecular complexity index is 1190. The fraction of sp³-hybridized carbons (Fsp3) is 0.360. The Morgan fingerprint density at radius 3 is 2.49 bits per heavy atom. The molecule has 0 spiro atoms. The first-order valence-corrected chi connectivity index (χ1v) is 11.9.